The van der Waals surface area contributed by atoms with Crippen LogP contribution in [0.2, 0.25) is 0 Å². The monoisotopic (exact) mass is 864 g/mol. The van der Waals surface area contributed by atoms with Gasteiger partial charge in [0.25, 0.3) is 0 Å². The third-order valence-corrected chi connectivity index (χ3v) is 13.0. The third kappa shape index (κ3) is 15.9. The number of carbonyl (C=O) groups excluding carboxylic acids is 4. The van der Waals surface area contributed by atoms with E-state index in [-0.39, 0.29) is 23.6 Å². The zero-order valence-electron chi connectivity index (χ0n) is 35.5. The van der Waals surface area contributed by atoms with Gasteiger partial charge in [-0.05, 0) is 87.6 Å². The minimum Gasteiger partial charge on any atom is -0.326 e. The summed E-state index contributed by atoms with van der Waals surface area (Å²) >= 11 is 3.09. The van der Waals surface area contributed by atoms with Crippen molar-refractivity contribution in [2.24, 2.45) is 0 Å². The van der Waals surface area contributed by atoms with Gasteiger partial charge in [0.15, 0.2) is 0 Å². The summed E-state index contributed by atoms with van der Waals surface area (Å²) in [7, 11) is 4.25. The van der Waals surface area contributed by atoms with Crippen LogP contribution in [0.4, 0.5) is 22.7 Å². The Morgan fingerprint density at radius 3 is 1.28 bits per heavy atom. The van der Waals surface area contributed by atoms with Gasteiger partial charge in [0.1, 0.15) is 0 Å². The summed E-state index contributed by atoms with van der Waals surface area (Å²) in [4.78, 5) is 64.4. The summed E-state index contributed by atoms with van der Waals surface area (Å²) in [5.74, 6) is -0.132. The number of nitrogens with zero attached hydrogens (tertiary/aromatic N) is 4. The summed E-state index contributed by atoms with van der Waals surface area (Å²) in [5.41, 5.74) is 2.99. The molecule has 2 saturated heterocycles. The van der Waals surface area contributed by atoms with Crippen molar-refractivity contribution in [3.05, 3.63) is 97.1 Å². The van der Waals surface area contributed by atoms with Crippen molar-refractivity contribution in [3.8, 4) is 0 Å². The van der Waals surface area contributed by atoms with Gasteiger partial charge in [-0.25, -0.2) is 0 Å². The number of amides is 4. The van der Waals surface area contributed by atoms with Crippen LogP contribution in [0.3, 0.4) is 0 Å². The lowest BCUT2D eigenvalue weighted by atomic mass is 10.1. The molecule has 14 heteroatoms. The van der Waals surface area contributed by atoms with E-state index in [1.807, 2.05) is 97.1 Å². The van der Waals surface area contributed by atoms with Crippen molar-refractivity contribution in [2.45, 2.75) is 64.5 Å². The number of anilines is 4. The van der Waals surface area contributed by atoms with Crippen LogP contribution in [-0.4, -0.2) is 123 Å². The molecule has 2 aliphatic rings. The van der Waals surface area contributed by atoms with Crippen LogP contribution in [-0.2, 0) is 19.2 Å². The SMILES string of the molecule is CN1CCN(CCC(=O)Nc2ccccc2Sc2cccc(NC(=O)CCCCCC(=O)Nc3cccc(Sc4ccccc4NC(=O)CCN4CCN(C)CC4)c3)c2)CC1. The fourth-order valence-electron chi connectivity index (χ4n) is 7.13. The fourth-order valence-corrected chi connectivity index (χ4v) is 9.05. The minimum absolute atomic E-state index is 0.00266. The number of hydrogen-bond acceptors (Lipinski definition) is 10. The Labute approximate surface area is 369 Å². The van der Waals surface area contributed by atoms with Gasteiger partial charge in [-0.15, -0.1) is 0 Å². The maximum Gasteiger partial charge on any atom is 0.225 e. The molecule has 4 N–H and O–H groups in total. The Bertz CT molecular complexity index is 1920. The highest BCUT2D eigenvalue weighted by Gasteiger charge is 2.17. The van der Waals surface area contributed by atoms with Gasteiger partial charge >= 0.3 is 0 Å². The molecular formula is C47H60N8O4S2. The van der Waals surface area contributed by atoms with Gasteiger partial charge in [0.05, 0.1) is 11.4 Å². The molecule has 6 rings (SSSR count). The molecule has 0 aromatic heterocycles. The highest BCUT2D eigenvalue weighted by molar-refractivity contribution is 7.99. The quantitative estimate of drug-likeness (QED) is 0.0658. The standard InChI is InChI=1S/C47H60N8O4S2/c1-52-26-30-54(31-27-52)24-22-46(58)50-40-16-6-8-18-42(40)60-38-14-10-12-36(34-38)48-44(56)20-4-3-5-21-45(57)49-37-13-11-15-39(35-37)61-43-19-9-7-17-41(43)51-47(59)23-25-55-32-28-53(2)29-33-55/h6-19,34-35H,3-5,20-33H2,1-2H3,(H,48,56)(H,49,57)(H,50,58)(H,51,59). The highest BCUT2D eigenvalue weighted by atomic mass is 32.2. The molecule has 2 heterocycles. The Kier molecular flexibility index (Phi) is 18.1. The van der Waals surface area contributed by atoms with Crippen LogP contribution in [0.25, 0.3) is 0 Å². The van der Waals surface area contributed by atoms with Crippen molar-refractivity contribution >= 4 is 69.9 Å². The molecule has 4 aromatic rings. The minimum atomic E-state index is -0.0688. The number of nitrogens with one attached hydrogen (secondary N) is 4. The topological polar surface area (TPSA) is 129 Å². The van der Waals surface area contributed by atoms with E-state index in [1.165, 1.54) is 0 Å². The van der Waals surface area contributed by atoms with Crippen LogP contribution < -0.4 is 21.3 Å². The second kappa shape index (κ2) is 24.1. The molecule has 4 amide bonds. The average Bonchev–Trinajstić information content (AvgIpc) is 3.25. The molecule has 2 fully saturated rings. The summed E-state index contributed by atoms with van der Waals surface area (Å²) < 4.78 is 0. The van der Waals surface area contributed by atoms with Crippen LogP contribution in [0.15, 0.2) is 117 Å². The lowest BCUT2D eigenvalue weighted by Gasteiger charge is -2.32. The van der Waals surface area contributed by atoms with Crippen LogP contribution in [0.1, 0.15) is 44.9 Å². The van der Waals surface area contributed by atoms with E-state index in [0.717, 1.165) is 103 Å². The number of unbranched alkanes of at least 4 members (excludes halogenated alkanes) is 2. The van der Waals surface area contributed by atoms with Crippen LogP contribution in [0, 0.1) is 0 Å². The lowest BCUT2D eigenvalue weighted by molar-refractivity contribution is -0.117. The first-order chi connectivity index (χ1) is 29.6. The van der Waals surface area contributed by atoms with E-state index in [1.54, 1.807) is 23.5 Å². The number of piperazine rings is 2. The molecule has 0 atom stereocenters. The molecule has 324 valence electrons. The predicted octanol–water partition coefficient (Wildman–Crippen LogP) is 7.67. The van der Waals surface area contributed by atoms with E-state index in [9.17, 15) is 19.2 Å². The second-order valence-corrected chi connectivity index (χ2v) is 18.0. The van der Waals surface area contributed by atoms with E-state index in [2.05, 4.69) is 55.0 Å². The van der Waals surface area contributed by atoms with Crippen LogP contribution in [0.5, 0.6) is 0 Å². The molecule has 2 aliphatic heterocycles. The van der Waals surface area contributed by atoms with Gasteiger partial charge < -0.3 is 40.9 Å². The van der Waals surface area contributed by atoms with Gasteiger partial charge in [0.2, 0.25) is 23.6 Å². The molecule has 61 heavy (non-hydrogen) atoms. The van der Waals surface area contributed by atoms with Gasteiger partial charge in [-0.3, -0.25) is 19.2 Å². The molecule has 0 saturated carbocycles. The zero-order chi connectivity index (χ0) is 42.8. The third-order valence-electron chi connectivity index (χ3n) is 10.8. The largest absolute Gasteiger partial charge is 0.326 e. The summed E-state index contributed by atoms with van der Waals surface area (Å²) in [6.45, 7) is 9.55. The van der Waals surface area contributed by atoms with Crippen LogP contribution >= 0.6 is 23.5 Å². The van der Waals surface area contributed by atoms with Crippen molar-refractivity contribution in [1.29, 1.82) is 0 Å². The van der Waals surface area contributed by atoms with E-state index in [0.29, 0.717) is 49.9 Å². The Hall–Kier alpha value is -4.70. The van der Waals surface area contributed by atoms with E-state index >= 15 is 0 Å². The van der Waals surface area contributed by atoms with Crippen molar-refractivity contribution < 1.29 is 19.2 Å². The lowest BCUT2D eigenvalue weighted by Crippen LogP contribution is -2.45. The predicted molar refractivity (Wildman–Crippen MR) is 249 cm³/mol. The van der Waals surface area contributed by atoms with E-state index < -0.39 is 0 Å². The normalized spacial score (nSPS) is 15.2. The highest BCUT2D eigenvalue weighted by Crippen LogP contribution is 2.36. The number of carbonyl (C=O) groups is 4. The Balaban J connectivity index is 0.878. The molecule has 0 unspecified atom stereocenters. The molecule has 0 spiro atoms. The zero-order valence-corrected chi connectivity index (χ0v) is 37.1. The van der Waals surface area contributed by atoms with Crippen molar-refractivity contribution in [3.63, 3.8) is 0 Å². The van der Waals surface area contributed by atoms with Crippen molar-refractivity contribution in [2.75, 3.05) is 101 Å². The molecule has 12 nitrogen and oxygen atoms in total. The maximum atomic E-state index is 12.8. The summed E-state index contributed by atoms with van der Waals surface area (Å²) in [6, 6.07) is 31.0. The summed E-state index contributed by atoms with van der Waals surface area (Å²) in [5, 5.41) is 12.2. The van der Waals surface area contributed by atoms with Gasteiger partial charge in [-0.2, -0.15) is 0 Å². The Morgan fingerprint density at radius 2 is 0.852 bits per heavy atom. The first-order valence-electron chi connectivity index (χ1n) is 21.4. The number of hydrogen-bond donors (Lipinski definition) is 4. The first kappa shape index (κ1) is 45.8. The molecular weight excluding hydrogens is 805 g/mol. The molecule has 0 aliphatic carbocycles. The second-order valence-electron chi connectivity index (χ2n) is 15.8. The number of para-hydroxylation sites is 2. The van der Waals surface area contributed by atoms with Gasteiger partial charge in [-0.1, -0.05) is 66.3 Å². The molecule has 0 bridgehead atoms. The molecule has 0 radical (unpaired) electrons. The van der Waals surface area contributed by atoms with E-state index in [4.69, 9.17) is 0 Å². The van der Waals surface area contributed by atoms with Crippen molar-refractivity contribution in [1.82, 2.24) is 19.6 Å². The molecule has 4 aromatic carbocycles. The maximum absolute atomic E-state index is 12.8. The fraction of sp³-hybridized carbons (Fsp3) is 0.404. The summed E-state index contributed by atoms with van der Waals surface area (Å²) in [6.07, 6.45) is 3.72. The first-order valence-corrected chi connectivity index (χ1v) is 23.0. The number of benzene rings is 4. The smallest absolute Gasteiger partial charge is 0.225 e. The average molecular weight is 865 g/mol. The number of rotatable bonds is 20. The van der Waals surface area contributed by atoms with Gasteiger partial charge in [0, 0.05) is 122 Å². The Morgan fingerprint density at radius 1 is 0.459 bits per heavy atom. The number of likely N-dealkylation sites (N-methyl/N-ethyl adjacent to an activating group) is 2.